The van der Waals surface area contributed by atoms with Gasteiger partial charge in [0.15, 0.2) is 11.6 Å². The van der Waals surface area contributed by atoms with Crippen LogP contribution in [-0.2, 0) is 18.5 Å². The summed E-state index contributed by atoms with van der Waals surface area (Å²) in [5.74, 6) is -1.61. The van der Waals surface area contributed by atoms with E-state index in [2.05, 4.69) is 50.4 Å². The van der Waals surface area contributed by atoms with Crippen molar-refractivity contribution in [3.8, 4) is 0 Å². The highest BCUT2D eigenvalue weighted by Crippen LogP contribution is 2.22. The molecular weight excluding hydrogens is 268 g/mol. The Hall–Kier alpha value is -1.74. The zero-order valence-corrected chi connectivity index (χ0v) is 12.7. The Morgan fingerprint density at radius 3 is 1.95 bits per heavy atom. The van der Waals surface area contributed by atoms with Crippen LogP contribution < -0.4 is 5.32 Å². The minimum Gasteiger partial charge on any atom is -0.309 e. The number of rotatable bonds is 4. The monoisotopic (exact) mass is 289 g/mol. The molecule has 2 rings (SSSR count). The summed E-state index contributed by atoms with van der Waals surface area (Å²) in [6.07, 6.45) is 0. The zero-order chi connectivity index (χ0) is 15.5. The predicted molar refractivity (Wildman–Crippen MR) is 82.0 cm³/mol. The standard InChI is InChI=1S/C18H21F2N/c1-18(2,3)15-7-4-13(5-8-15)11-21-12-14-6-9-16(19)17(20)10-14/h4-10,21H,11-12H2,1-3H3. The van der Waals surface area contributed by atoms with Gasteiger partial charge in [0.2, 0.25) is 0 Å². The molecule has 0 unspecified atom stereocenters. The smallest absolute Gasteiger partial charge is 0.159 e. The Morgan fingerprint density at radius 2 is 1.38 bits per heavy atom. The molecule has 2 aromatic carbocycles. The highest BCUT2D eigenvalue weighted by atomic mass is 19.2. The van der Waals surface area contributed by atoms with Crippen LogP contribution in [0.25, 0.3) is 0 Å². The Balaban J connectivity index is 1.90. The maximum absolute atomic E-state index is 13.1. The second kappa shape index (κ2) is 6.35. The first kappa shape index (κ1) is 15.6. The molecule has 0 aromatic heterocycles. The summed E-state index contributed by atoms with van der Waals surface area (Å²) in [5.41, 5.74) is 3.36. The lowest BCUT2D eigenvalue weighted by Crippen LogP contribution is -2.14. The van der Waals surface area contributed by atoms with Gasteiger partial charge >= 0.3 is 0 Å². The summed E-state index contributed by atoms with van der Waals surface area (Å²) in [6.45, 7) is 7.76. The molecule has 0 radical (unpaired) electrons. The van der Waals surface area contributed by atoms with Crippen molar-refractivity contribution in [2.45, 2.75) is 39.3 Å². The van der Waals surface area contributed by atoms with Gasteiger partial charge in [0, 0.05) is 13.1 Å². The minimum absolute atomic E-state index is 0.150. The van der Waals surface area contributed by atoms with Crippen molar-refractivity contribution in [1.29, 1.82) is 0 Å². The van der Waals surface area contributed by atoms with E-state index < -0.39 is 11.6 Å². The second-order valence-corrected chi connectivity index (χ2v) is 6.30. The van der Waals surface area contributed by atoms with Crippen molar-refractivity contribution in [2.75, 3.05) is 0 Å². The lowest BCUT2D eigenvalue weighted by molar-refractivity contribution is 0.506. The summed E-state index contributed by atoms with van der Waals surface area (Å²) in [7, 11) is 0. The van der Waals surface area contributed by atoms with E-state index in [0.29, 0.717) is 13.1 Å². The predicted octanol–water partition coefficient (Wildman–Crippen LogP) is 4.55. The average Bonchev–Trinajstić information content (AvgIpc) is 2.42. The van der Waals surface area contributed by atoms with E-state index in [0.717, 1.165) is 11.6 Å². The summed E-state index contributed by atoms with van der Waals surface area (Å²) in [5, 5.41) is 3.23. The van der Waals surface area contributed by atoms with Crippen molar-refractivity contribution in [3.05, 3.63) is 70.8 Å². The van der Waals surface area contributed by atoms with E-state index >= 15 is 0 Å². The van der Waals surface area contributed by atoms with Gasteiger partial charge in [-0.25, -0.2) is 8.78 Å². The van der Waals surface area contributed by atoms with Gasteiger partial charge in [0.1, 0.15) is 0 Å². The van der Waals surface area contributed by atoms with Crippen LogP contribution >= 0.6 is 0 Å². The molecule has 0 heterocycles. The Morgan fingerprint density at radius 1 is 0.810 bits per heavy atom. The molecule has 0 aliphatic carbocycles. The number of benzene rings is 2. The molecule has 0 aliphatic heterocycles. The van der Waals surface area contributed by atoms with Gasteiger partial charge < -0.3 is 5.32 Å². The van der Waals surface area contributed by atoms with Gasteiger partial charge in [-0.1, -0.05) is 51.1 Å². The molecule has 0 saturated carbocycles. The quantitative estimate of drug-likeness (QED) is 0.870. The molecular formula is C18H21F2N. The number of halogens is 2. The van der Waals surface area contributed by atoms with E-state index in [1.54, 1.807) is 6.07 Å². The zero-order valence-electron chi connectivity index (χ0n) is 12.7. The Labute approximate surface area is 125 Å². The molecule has 0 saturated heterocycles. The fourth-order valence-corrected chi connectivity index (χ4v) is 2.12. The molecule has 0 atom stereocenters. The number of nitrogens with one attached hydrogen (secondary N) is 1. The molecule has 0 fully saturated rings. The third-order valence-electron chi connectivity index (χ3n) is 3.46. The molecule has 3 heteroatoms. The van der Waals surface area contributed by atoms with Crippen LogP contribution in [0.5, 0.6) is 0 Å². The molecule has 0 aliphatic rings. The van der Waals surface area contributed by atoms with Crippen LogP contribution in [0.15, 0.2) is 42.5 Å². The fourth-order valence-electron chi connectivity index (χ4n) is 2.12. The molecule has 0 amide bonds. The third kappa shape index (κ3) is 4.36. The summed E-state index contributed by atoms with van der Waals surface area (Å²) < 4.78 is 25.9. The maximum Gasteiger partial charge on any atom is 0.159 e. The molecule has 1 nitrogen and oxygen atoms in total. The van der Waals surface area contributed by atoms with E-state index in [-0.39, 0.29) is 5.41 Å². The molecule has 112 valence electrons. The van der Waals surface area contributed by atoms with Crippen LogP contribution in [0.4, 0.5) is 8.78 Å². The topological polar surface area (TPSA) is 12.0 Å². The van der Waals surface area contributed by atoms with Crippen LogP contribution in [0.3, 0.4) is 0 Å². The summed E-state index contributed by atoms with van der Waals surface area (Å²) in [6, 6.07) is 12.4. The summed E-state index contributed by atoms with van der Waals surface area (Å²) >= 11 is 0. The normalized spacial score (nSPS) is 11.7. The van der Waals surface area contributed by atoms with Gasteiger partial charge in [0.25, 0.3) is 0 Å². The van der Waals surface area contributed by atoms with Crippen molar-refractivity contribution in [3.63, 3.8) is 0 Å². The lowest BCUT2D eigenvalue weighted by atomic mass is 9.87. The first-order valence-electron chi connectivity index (χ1n) is 7.10. The maximum atomic E-state index is 13.1. The SMILES string of the molecule is CC(C)(C)c1ccc(CNCc2ccc(F)c(F)c2)cc1. The largest absolute Gasteiger partial charge is 0.309 e. The molecule has 1 N–H and O–H groups in total. The van der Waals surface area contributed by atoms with Crippen molar-refractivity contribution >= 4 is 0 Å². The van der Waals surface area contributed by atoms with E-state index in [9.17, 15) is 8.78 Å². The Kier molecular flexibility index (Phi) is 4.73. The van der Waals surface area contributed by atoms with Gasteiger partial charge in [-0.3, -0.25) is 0 Å². The van der Waals surface area contributed by atoms with Gasteiger partial charge in [0.05, 0.1) is 0 Å². The second-order valence-electron chi connectivity index (χ2n) is 6.30. The highest BCUT2D eigenvalue weighted by molar-refractivity contribution is 5.27. The van der Waals surface area contributed by atoms with Crippen LogP contribution in [-0.4, -0.2) is 0 Å². The van der Waals surface area contributed by atoms with Crippen LogP contribution in [0, 0.1) is 11.6 Å². The van der Waals surface area contributed by atoms with Gasteiger partial charge in [-0.15, -0.1) is 0 Å². The Bertz CT molecular complexity index is 598. The lowest BCUT2D eigenvalue weighted by Gasteiger charge is -2.19. The first-order valence-corrected chi connectivity index (χ1v) is 7.10. The fraction of sp³-hybridized carbons (Fsp3) is 0.333. The van der Waals surface area contributed by atoms with Gasteiger partial charge in [-0.05, 0) is 34.2 Å². The van der Waals surface area contributed by atoms with Crippen LogP contribution in [0.2, 0.25) is 0 Å². The van der Waals surface area contributed by atoms with E-state index in [1.807, 2.05) is 0 Å². The van der Waals surface area contributed by atoms with Crippen molar-refractivity contribution in [2.24, 2.45) is 0 Å². The van der Waals surface area contributed by atoms with Crippen molar-refractivity contribution < 1.29 is 8.78 Å². The number of hydrogen-bond donors (Lipinski definition) is 1. The van der Waals surface area contributed by atoms with Crippen LogP contribution in [0.1, 0.15) is 37.5 Å². The van der Waals surface area contributed by atoms with E-state index in [1.165, 1.54) is 17.2 Å². The minimum atomic E-state index is -0.809. The molecule has 0 spiro atoms. The van der Waals surface area contributed by atoms with Crippen molar-refractivity contribution in [1.82, 2.24) is 5.32 Å². The first-order chi connectivity index (χ1) is 9.86. The molecule has 21 heavy (non-hydrogen) atoms. The van der Waals surface area contributed by atoms with Gasteiger partial charge in [-0.2, -0.15) is 0 Å². The van der Waals surface area contributed by atoms with E-state index in [4.69, 9.17) is 0 Å². The highest BCUT2D eigenvalue weighted by Gasteiger charge is 2.12. The average molecular weight is 289 g/mol. The third-order valence-corrected chi connectivity index (χ3v) is 3.46. The summed E-state index contributed by atoms with van der Waals surface area (Å²) in [4.78, 5) is 0. The molecule has 0 bridgehead atoms. The number of hydrogen-bond acceptors (Lipinski definition) is 1. The molecule has 2 aromatic rings.